The highest BCUT2D eigenvalue weighted by molar-refractivity contribution is 7.89. The molecule has 1 saturated heterocycles. The van der Waals surface area contributed by atoms with Gasteiger partial charge in [-0.05, 0) is 38.1 Å². The minimum Gasteiger partial charge on any atom is -0.496 e. The van der Waals surface area contributed by atoms with Crippen molar-refractivity contribution < 1.29 is 17.9 Å². The second kappa shape index (κ2) is 6.64. The van der Waals surface area contributed by atoms with E-state index in [1.54, 1.807) is 4.90 Å². The summed E-state index contributed by atoms with van der Waals surface area (Å²) in [5, 5.41) is 8.30. The van der Waals surface area contributed by atoms with Gasteiger partial charge in [0.2, 0.25) is 10.0 Å². The van der Waals surface area contributed by atoms with Crippen LogP contribution in [0, 0.1) is 0 Å². The summed E-state index contributed by atoms with van der Waals surface area (Å²) in [5.74, 6) is 0.0891. The highest BCUT2D eigenvalue weighted by atomic mass is 32.2. The van der Waals surface area contributed by atoms with Crippen molar-refractivity contribution in [3.05, 3.63) is 23.8 Å². The molecule has 22 heavy (non-hydrogen) atoms. The van der Waals surface area contributed by atoms with Crippen molar-refractivity contribution in [1.29, 1.82) is 0 Å². The van der Waals surface area contributed by atoms with Crippen LogP contribution in [-0.2, 0) is 10.0 Å². The number of likely N-dealkylation sites (N-methyl/N-ethyl adjacent to an activating group) is 1. The maximum atomic E-state index is 12.7. The van der Waals surface area contributed by atoms with Crippen molar-refractivity contribution in [2.24, 2.45) is 5.14 Å². The molecule has 1 atom stereocenters. The van der Waals surface area contributed by atoms with Gasteiger partial charge in [0.15, 0.2) is 0 Å². The lowest BCUT2D eigenvalue weighted by molar-refractivity contribution is 0.0694. The number of hydrogen-bond donors (Lipinski definition) is 2. The lowest BCUT2D eigenvalue weighted by Gasteiger charge is -2.33. The van der Waals surface area contributed by atoms with Gasteiger partial charge in [-0.1, -0.05) is 0 Å². The molecule has 7 nitrogen and oxygen atoms in total. The van der Waals surface area contributed by atoms with E-state index >= 15 is 0 Å². The molecular formula is C14H21N3O4S. The zero-order valence-corrected chi connectivity index (χ0v) is 13.5. The van der Waals surface area contributed by atoms with Gasteiger partial charge in [-0.3, -0.25) is 4.79 Å². The third kappa shape index (κ3) is 3.57. The zero-order valence-electron chi connectivity index (χ0n) is 12.7. The molecule has 2 rings (SSSR count). The van der Waals surface area contributed by atoms with E-state index in [0.717, 1.165) is 12.8 Å². The third-order valence-corrected chi connectivity index (χ3v) is 4.76. The van der Waals surface area contributed by atoms with Crippen molar-refractivity contribution in [3.63, 3.8) is 0 Å². The van der Waals surface area contributed by atoms with Gasteiger partial charge in [0, 0.05) is 19.1 Å². The molecule has 1 aromatic rings. The lowest BCUT2D eigenvalue weighted by Crippen LogP contribution is -2.47. The van der Waals surface area contributed by atoms with E-state index in [9.17, 15) is 13.2 Å². The Kier molecular flexibility index (Phi) is 5.05. The van der Waals surface area contributed by atoms with Gasteiger partial charge < -0.3 is 15.0 Å². The Hall–Kier alpha value is -1.64. The smallest absolute Gasteiger partial charge is 0.257 e. The van der Waals surface area contributed by atoms with Gasteiger partial charge in [0.1, 0.15) is 5.75 Å². The Morgan fingerprint density at radius 1 is 1.45 bits per heavy atom. The fourth-order valence-corrected chi connectivity index (χ4v) is 3.14. The second-order valence-electron chi connectivity index (χ2n) is 5.29. The first-order valence-electron chi connectivity index (χ1n) is 7.04. The SMILES string of the molecule is CNC1CCCN(C(=O)c2cc(S(N)(=O)=O)ccc2OC)C1. The van der Waals surface area contributed by atoms with Crippen LogP contribution in [0.25, 0.3) is 0 Å². The van der Waals surface area contributed by atoms with E-state index in [2.05, 4.69) is 5.32 Å². The quantitative estimate of drug-likeness (QED) is 0.820. The predicted molar refractivity (Wildman–Crippen MR) is 82.4 cm³/mol. The number of nitrogens with zero attached hydrogens (tertiary/aromatic N) is 1. The average Bonchev–Trinajstić information content (AvgIpc) is 2.52. The molecule has 0 spiro atoms. The van der Waals surface area contributed by atoms with Gasteiger partial charge in [0.25, 0.3) is 5.91 Å². The summed E-state index contributed by atoms with van der Waals surface area (Å²) < 4.78 is 28.1. The fraction of sp³-hybridized carbons (Fsp3) is 0.500. The van der Waals surface area contributed by atoms with Gasteiger partial charge in [-0.2, -0.15) is 0 Å². The van der Waals surface area contributed by atoms with Gasteiger partial charge >= 0.3 is 0 Å². The molecule has 0 bridgehead atoms. The van der Waals surface area contributed by atoms with Crippen molar-refractivity contribution >= 4 is 15.9 Å². The first-order chi connectivity index (χ1) is 10.4. The standard InChI is InChI=1S/C14H21N3O4S/c1-16-10-4-3-7-17(9-10)14(18)12-8-11(22(15,19)20)5-6-13(12)21-2/h5-6,8,10,16H,3-4,7,9H2,1-2H3,(H2,15,19,20). The second-order valence-corrected chi connectivity index (χ2v) is 6.85. The largest absolute Gasteiger partial charge is 0.496 e. The molecule has 122 valence electrons. The summed E-state index contributed by atoms with van der Waals surface area (Å²) in [7, 11) is -0.567. The molecule has 0 saturated carbocycles. The van der Waals surface area contributed by atoms with E-state index in [1.807, 2.05) is 7.05 Å². The van der Waals surface area contributed by atoms with Crippen LogP contribution in [-0.4, -0.2) is 52.5 Å². The number of carbonyl (C=O) groups is 1. The van der Waals surface area contributed by atoms with Crippen LogP contribution in [0.2, 0.25) is 0 Å². The maximum absolute atomic E-state index is 12.7. The van der Waals surface area contributed by atoms with Gasteiger partial charge in [-0.25, -0.2) is 13.6 Å². The van der Waals surface area contributed by atoms with E-state index in [1.165, 1.54) is 25.3 Å². The number of amides is 1. The van der Waals surface area contributed by atoms with Crippen molar-refractivity contribution in [2.75, 3.05) is 27.2 Å². The minimum absolute atomic E-state index is 0.0983. The number of ether oxygens (including phenoxy) is 1. The summed E-state index contributed by atoms with van der Waals surface area (Å²) >= 11 is 0. The molecule has 1 aliphatic heterocycles. The molecule has 1 unspecified atom stereocenters. The van der Waals surface area contributed by atoms with E-state index in [-0.39, 0.29) is 22.4 Å². The molecule has 3 N–H and O–H groups in total. The highest BCUT2D eigenvalue weighted by Crippen LogP contribution is 2.24. The van der Waals surface area contributed by atoms with Gasteiger partial charge in [0.05, 0.1) is 17.6 Å². The number of rotatable bonds is 4. The molecule has 8 heteroatoms. The normalized spacial score (nSPS) is 19.0. The average molecular weight is 327 g/mol. The molecular weight excluding hydrogens is 306 g/mol. The molecule has 1 heterocycles. The van der Waals surface area contributed by atoms with Crippen LogP contribution in [0.15, 0.2) is 23.1 Å². The monoisotopic (exact) mass is 327 g/mol. The number of hydrogen-bond acceptors (Lipinski definition) is 5. The first kappa shape index (κ1) is 16.7. The topological polar surface area (TPSA) is 102 Å². The number of carbonyl (C=O) groups excluding carboxylic acids is 1. The van der Waals surface area contributed by atoms with Crippen LogP contribution in [0.5, 0.6) is 5.75 Å². The minimum atomic E-state index is -3.87. The fourth-order valence-electron chi connectivity index (χ4n) is 2.60. The molecule has 1 aromatic carbocycles. The summed E-state index contributed by atoms with van der Waals surface area (Å²) in [6.45, 7) is 1.22. The Bertz CT molecular complexity index is 660. The van der Waals surface area contributed by atoms with Crippen molar-refractivity contribution in [2.45, 2.75) is 23.8 Å². The zero-order chi connectivity index (χ0) is 16.3. The van der Waals surface area contributed by atoms with E-state index < -0.39 is 10.0 Å². The lowest BCUT2D eigenvalue weighted by atomic mass is 10.0. The molecule has 1 fully saturated rings. The highest BCUT2D eigenvalue weighted by Gasteiger charge is 2.26. The Balaban J connectivity index is 2.35. The Morgan fingerprint density at radius 2 is 2.18 bits per heavy atom. The van der Waals surface area contributed by atoms with Crippen LogP contribution in [0.4, 0.5) is 0 Å². The molecule has 1 aliphatic rings. The Labute approximate surface area is 130 Å². The predicted octanol–water partition coefficient (Wildman–Crippen LogP) is 0.167. The number of likely N-dealkylation sites (tertiary alicyclic amines) is 1. The van der Waals surface area contributed by atoms with Crippen molar-refractivity contribution in [1.82, 2.24) is 10.2 Å². The van der Waals surface area contributed by atoms with Crippen molar-refractivity contribution in [3.8, 4) is 5.75 Å². The van der Waals surface area contributed by atoms with Gasteiger partial charge in [-0.15, -0.1) is 0 Å². The van der Waals surface area contributed by atoms with Crippen LogP contribution < -0.4 is 15.2 Å². The molecule has 0 aromatic heterocycles. The van der Waals surface area contributed by atoms with Crippen LogP contribution in [0.1, 0.15) is 23.2 Å². The summed E-state index contributed by atoms with van der Waals surface area (Å²) in [5.41, 5.74) is 0.214. The van der Waals surface area contributed by atoms with E-state index in [0.29, 0.717) is 18.8 Å². The Morgan fingerprint density at radius 3 is 2.77 bits per heavy atom. The summed E-state index contributed by atoms with van der Waals surface area (Å²) in [6, 6.07) is 4.30. The summed E-state index contributed by atoms with van der Waals surface area (Å²) in [4.78, 5) is 14.3. The number of nitrogens with one attached hydrogen (secondary N) is 1. The number of primary sulfonamides is 1. The summed E-state index contributed by atoms with van der Waals surface area (Å²) in [6.07, 6.45) is 1.91. The number of benzene rings is 1. The number of nitrogens with two attached hydrogens (primary N) is 1. The molecule has 0 radical (unpaired) electrons. The van der Waals surface area contributed by atoms with Crippen LogP contribution in [0.3, 0.4) is 0 Å². The number of piperidine rings is 1. The maximum Gasteiger partial charge on any atom is 0.257 e. The van der Waals surface area contributed by atoms with E-state index in [4.69, 9.17) is 9.88 Å². The van der Waals surface area contributed by atoms with Crippen LogP contribution >= 0.6 is 0 Å². The number of methoxy groups -OCH3 is 1. The number of sulfonamides is 1. The first-order valence-corrected chi connectivity index (χ1v) is 8.59. The third-order valence-electron chi connectivity index (χ3n) is 3.85. The molecule has 0 aliphatic carbocycles. The molecule has 1 amide bonds.